The van der Waals surface area contributed by atoms with Crippen LogP contribution in [0.5, 0.6) is 0 Å². The Balaban J connectivity index is 1.92. The molecule has 0 radical (unpaired) electrons. The minimum atomic E-state index is -0.958. The molecule has 2 aromatic carbocycles. The van der Waals surface area contributed by atoms with Gasteiger partial charge in [0.15, 0.2) is 5.78 Å². The zero-order valence-electron chi connectivity index (χ0n) is 16.5. The molecule has 0 bridgehead atoms. The monoisotopic (exact) mass is 459 g/mol. The maximum absolute atomic E-state index is 12.5. The normalized spacial score (nSPS) is 20.7. The van der Waals surface area contributed by atoms with Gasteiger partial charge in [0.2, 0.25) is 9.37 Å². The first kappa shape index (κ1) is 20.8. The number of carbonyl (C=O) groups excluding carboxylic acids is 2. The number of halogens is 1. The number of hydrazone groups is 1. The molecule has 2 aromatic rings. The highest BCUT2D eigenvalue weighted by Crippen LogP contribution is 2.60. The number of benzene rings is 2. The molecule has 0 amide bonds. The van der Waals surface area contributed by atoms with E-state index < -0.39 is 10.3 Å². The van der Waals surface area contributed by atoms with E-state index in [9.17, 15) is 9.59 Å². The van der Waals surface area contributed by atoms with E-state index in [2.05, 4.69) is 5.10 Å². The van der Waals surface area contributed by atoms with E-state index in [0.29, 0.717) is 15.6 Å². The van der Waals surface area contributed by atoms with Crippen LogP contribution in [0.1, 0.15) is 13.8 Å². The third kappa shape index (κ3) is 3.38. The predicted molar refractivity (Wildman–Crippen MR) is 124 cm³/mol. The second kappa shape index (κ2) is 8.02. The number of nitrogens with zero attached hydrogens (tertiary/aromatic N) is 3. The maximum atomic E-state index is 12.5. The summed E-state index contributed by atoms with van der Waals surface area (Å²) in [7, 11) is 1.32. The number of esters is 1. The lowest BCUT2D eigenvalue weighted by Crippen LogP contribution is -2.49. The summed E-state index contributed by atoms with van der Waals surface area (Å²) in [5.74, 6) is -0.583. The van der Waals surface area contributed by atoms with Gasteiger partial charge in [-0.05, 0) is 55.9 Å². The van der Waals surface area contributed by atoms with Crippen molar-refractivity contribution in [3.63, 3.8) is 0 Å². The molecule has 30 heavy (non-hydrogen) atoms. The number of para-hydroxylation sites is 1. The summed E-state index contributed by atoms with van der Waals surface area (Å²) in [6.45, 7) is 3.44. The van der Waals surface area contributed by atoms with Crippen molar-refractivity contribution in [1.82, 2.24) is 0 Å². The molecule has 4 rings (SSSR count). The molecule has 1 atom stereocenters. The molecule has 0 aliphatic carbocycles. The molecule has 0 saturated carbocycles. The summed E-state index contributed by atoms with van der Waals surface area (Å²) in [6.07, 6.45) is 0. The Kier molecular flexibility index (Phi) is 5.57. The molecule has 2 aliphatic heterocycles. The number of hydrogen-bond donors (Lipinski definition) is 0. The number of carbonyl (C=O) groups is 2. The fraction of sp³-hybridized carbons (Fsp3) is 0.190. The van der Waals surface area contributed by atoms with E-state index in [1.807, 2.05) is 54.3 Å². The minimum Gasteiger partial charge on any atom is -0.464 e. The minimum absolute atomic E-state index is 0.0477. The predicted octanol–water partition coefficient (Wildman–Crippen LogP) is 5.06. The number of allylic oxidation sites excluding steroid dienone is 2. The van der Waals surface area contributed by atoms with Gasteiger partial charge in [-0.15, -0.1) is 0 Å². The smallest absolute Gasteiger partial charge is 0.365 e. The number of thioether (sulfide) groups is 2. The van der Waals surface area contributed by atoms with Gasteiger partial charge >= 0.3 is 5.97 Å². The first-order valence-corrected chi connectivity index (χ1v) is 11.1. The quantitative estimate of drug-likeness (QED) is 0.592. The van der Waals surface area contributed by atoms with E-state index in [1.165, 1.54) is 30.6 Å². The van der Waals surface area contributed by atoms with Crippen LogP contribution in [-0.2, 0) is 14.3 Å². The molecule has 0 saturated heterocycles. The number of ether oxygens (including phenoxy) is 1. The lowest BCUT2D eigenvalue weighted by molar-refractivity contribution is -0.132. The molecule has 1 unspecified atom stereocenters. The molecule has 9 heteroatoms. The standard InChI is InChI=1S/C21H18ClN3O3S2/c1-13-18(14(2)26)29-21(24(13)16-9-5-4-6-10-16)25(17-11-7-8-15(22)12-17)23-19(30-21)20(27)28-3/h4-12H,1-3H3. The van der Waals surface area contributed by atoms with Gasteiger partial charge in [0, 0.05) is 16.4 Å². The van der Waals surface area contributed by atoms with Crippen molar-refractivity contribution < 1.29 is 14.3 Å². The maximum Gasteiger partial charge on any atom is 0.365 e. The van der Waals surface area contributed by atoms with Crippen LogP contribution in [0, 0.1) is 0 Å². The number of hydrogen-bond acceptors (Lipinski definition) is 8. The summed E-state index contributed by atoms with van der Waals surface area (Å²) in [6, 6.07) is 16.9. The van der Waals surface area contributed by atoms with Crippen molar-refractivity contribution in [1.29, 1.82) is 0 Å². The van der Waals surface area contributed by atoms with Crippen molar-refractivity contribution in [2.75, 3.05) is 17.0 Å². The van der Waals surface area contributed by atoms with Crippen molar-refractivity contribution in [2.45, 2.75) is 18.2 Å². The van der Waals surface area contributed by atoms with Crippen LogP contribution < -0.4 is 9.91 Å². The molecule has 0 aromatic heterocycles. The van der Waals surface area contributed by atoms with Crippen LogP contribution in [-0.4, -0.2) is 28.2 Å². The van der Waals surface area contributed by atoms with Gasteiger partial charge in [-0.2, -0.15) is 5.10 Å². The lowest BCUT2D eigenvalue weighted by Gasteiger charge is -2.41. The van der Waals surface area contributed by atoms with Crippen LogP contribution in [0.15, 0.2) is 70.3 Å². The van der Waals surface area contributed by atoms with Crippen molar-refractivity contribution in [3.05, 3.63) is 70.2 Å². The zero-order chi connectivity index (χ0) is 21.5. The van der Waals surface area contributed by atoms with Gasteiger partial charge < -0.3 is 9.64 Å². The third-order valence-corrected chi connectivity index (χ3v) is 7.82. The first-order valence-electron chi connectivity index (χ1n) is 9.05. The SMILES string of the molecule is COC(=O)C1=NN(c2cccc(Cl)c2)C2(S1)SC(C(C)=O)=C(C)N2c1ccccc1. The largest absolute Gasteiger partial charge is 0.464 e. The number of methoxy groups -OCH3 is 1. The molecular weight excluding hydrogens is 442 g/mol. The van der Waals surface area contributed by atoms with Gasteiger partial charge in [-0.25, -0.2) is 9.80 Å². The van der Waals surface area contributed by atoms with Gasteiger partial charge in [-0.3, -0.25) is 4.79 Å². The van der Waals surface area contributed by atoms with E-state index in [4.69, 9.17) is 16.3 Å². The molecule has 6 nitrogen and oxygen atoms in total. The van der Waals surface area contributed by atoms with Crippen molar-refractivity contribution in [3.8, 4) is 0 Å². The summed E-state index contributed by atoms with van der Waals surface area (Å²) in [5.41, 5.74) is 2.36. The van der Waals surface area contributed by atoms with Crippen molar-refractivity contribution >= 4 is 63.3 Å². The first-order chi connectivity index (χ1) is 14.4. The van der Waals surface area contributed by atoms with Gasteiger partial charge in [0.05, 0.1) is 17.7 Å². The van der Waals surface area contributed by atoms with Crippen molar-refractivity contribution in [2.24, 2.45) is 5.10 Å². The van der Waals surface area contributed by atoms with E-state index in [0.717, 1.165) is 11.4 Å². The number of Topliss-reactive ketones (excluding diaryl/α,β-unsaturated/α-hetero) is 1. The van der Waals surface area contributed by atoms with Crippen LogP contribution >= 0.6 is 35.1 Å². The fourth-order valence-electron chi connectivity index (χ4n) is 3.37. The second-order valence-corrected chi connectivity index (χ2v) is 9.62. The number of rotatable bonds is 4. The van der Waals surface area contributed by atoms with E-state index >= 15 is 0 Å². The third-order valence-electron chi connectivity index (χ3n) is 4.62. The molecule has 154 valence electrons. The average molecular weight is 460 g/mol. The fourth-order valence-corrected chi connectivity index (χ4v) is 6.53. The van der Waals surface area contributed by atoms with E-state index in [-0.39, 0.29) is 10.8 Å². The molecule has 0 N–H and O–H groups in total. The Morgan fingerprint density at radius 2 is 1.77 bits per heavy atom. The van der Waals surface area contributed by atoms with Gasteiger partial charge in [-0.1, -0.05) is 47.6 Å². The number of anilines is 2. The highest BCUT2D eigenvalue weighted by Gasteiger charge is 2.57. The average Bonchev–Trinajstić information content (AvgIpc) is 3.26. The van der Waals surface area contributed by atoms with Gasteiger partial charge in [0.1, 0.15) is 0 Å². The summed E-state index contributed by atoms with van der Waals surface area (Å²) in [4.78, 5) is 27.5. The Bertz CT molecular complexity index is 1090. The molecule has 2 aliphatic rings. The molecule has 0 fully saturated rings. The molecule has 2 heterocycles. The van der Waals surface area contributed by atoms with Gasteiger partial charge in [0.25, 0.3) is 0 Å². The molecule has 1 spiro atoms. The Hall–Kier alpha value is -2.42. The zero-order valence-corrected chi connectivity index (χ0v) is 18.8. The summed E-state index contributed by atoms with van der Waals surface area (Å²) in [5, 5.41) is 7.06. The Labute approximate surface area is 187 Å². The Morgan fingerprint density at radius 3 is 2.40 bits per heavy atom. The summed E-state index contributed by atoms with van der Waals surface area (Å²) >= 11 is 8.85. The number of ketones is 1. The topological polar surface area (TPSA) is 62.2 Å². The van der Waals surface area contributed by atoms with Crippen LogP contribution in [0.4, 0.5) is 11.4 Å². The van der Waals surface area contributed by atoms with Crippen LogP contribution in [0.3, 0.4) is 0 Å². The van der Waals surface area contributed by atoms with Crippen LogP contribution in [0.25, 0.3) is 0 Å². The summed E-state index contributed by atoms with van der Waals surface area (Å²) < 4.78 is 3.98. The highest BCUT2D eigenvalue weighted by molar-refractivity contribution is 8.29. The lowest BCUT2D eigenvalue weighted by atomic mass is 10.2. The Morgan fingerprint density at radius 1 is 1.07 bits per heavy atom. The van der Waals surface area contributed by atoms with Crippen LogP contribution in [0.2, 0.25) is 5.02 Å². The second-order valence-electron chi connectivity index (χ2n) is 6.58. The van der Waals surface area contributed by atoms with E-state index in [1.54, 1.807) is 24.1 Å². The molecular formula is C21H18ClN3O3S2. The highest BCUT2D eigenvalue weighted by atomic mass is 35.5.